The summed E-state index contributed by atoms with van der Waals surface area (Å²) in [5.41, 5.74) is 0.736. The smallest absolute Gasteiger partial charge is 0.243 e. The van der Waals surface area contributed by atoms with E-state index in [2.05, 4.69) is 0 Å². The number of carbonyl (C=O) groups excluding carboxylic acids is 1. The largest absolute Gasteiger partial charge is 0.338 e. The van der Waals surface area contributed by atoms with Gasteiger partial charge in [-0.1, -0.05) is 31.9 Å². The van der Waals surface area contributed by atoms with Gasteiger partial charge in [-0.3, -0.25) is 4.79 Å². The summed E-state index contributed by atoms with van der Waals surface area (Å²) in [6, 6.07) is 6.27. The van der Waals surface area contributed by atoms with Crippen molar-refractivity contribution in [2.75, 3.05) is 31.1 Å². The summed E-state index contributed by atoms with van der Waals surface area (Å²) in [5, 5.41) is 0. The van der Waals surface area contributed by atoms with E-state index in [-0.39, 0.29) is 34.8 Å². The van der Waals surface area contributed by atoms with Gasteiger partial charge in [-0.25, -0.2) is 16.8 Å². The Morgan fingerprint density at radius 3 is 2.37 bits per heavy atom. The second-order valence-electron chi connectivity index (χ2n) is 8.28. The van der Waals surface area contributed by atoms with E-state index in [0.717, 1.165) is 37.7 Å². The minimum Gasteiger partial charge on any atom is -0.338 e. The molecule has 2 fully saturated rings. The van der Waals surface area contributed by atoms with Crippen LogP contribution in [-0.4, -0.2) is 69.1 Å². The van der Waals surface area contributed by atoms with E-state index in [1.807, 2.05) is 6.92 Å². The molecule has 168 valence electrons. The lowest BCUT2D eigenvalue weighted by molar-refractivity contribution is -0.132. The molecule has 2 aliphatic heterocycles. The first-order valence-electron chi connectivity index (χ1n) is 10.8. The maximum Gasteiger partial charge on any atom is 0.243 e. The first-order valence-corrected chi connectivity index (χ1v) is 14.1. The molecule has 0 radical (unpaired) electrons. The van der Waals surface area contributed by atoms with Gasteiger partial charge in [0.25, 0.3) is 0 Å². The topological polar surface area (TPSA) is 91.8 Å². The lowest BCUT2D eigenvalue weighted by atomic mass is 10.1. The Balaban J connectivity index is 1.69. The van der Waals surface area contributed by atoms with Crippen molar-refractivity contribution >= 4 is 25.8 Å². The van der Waals surface area contributed by atoms with Crippen LogP contribution >= 0.6 is 0 Å². The molecule has 0 aliphatic carbocycles. The Morgan fingerprint density at radius 1 is 1.13 bits per heavy atom. The molecule has 1 amide bonds. The summed E-state index contributed by atoms with van der Waals surface area (Å²) in [4.78, 5) is 14.9. The predicted molar refractivity (Wildman–Crippen MR) is 116 cm³/mol. The predicted octanol–water partition coefficient (Wildman–Crippen LogP) is 2.22. The van der Waals surface area contributed by atoms with Crippen LogP contribution < -0.4 is 0 Å². The van der Waals surface area contributed by atoms with Crippen LogP contribution in [0.2, 0.25) is 0 Å². The van der Waals surface area contributed by atoms with E-state index in [4.69, 9.17) is 0 Å². The molecule has 0 spiro atoms. The first kappa shape index (κ1) is 23.2. The number of nitrogens with zero attached hydrogens (tertiary/aromatic N) is 2. The standard InChI is InChI=1S/C21H32N2O5S2/c1-2-3-14-23(19-11-15-29(25,26)17-19)21(24)16-18-7-9-20(10-8-18)30(27,28)22-12-5-4-6-13-22/h7-10,19H,2-6,11-17H2,1H3. The fourth-order valence-corrected chi connectivity index (χ4v) is 7.42. The minimum absolute atomic E-state index is 0.0372. The molecule has 0 aromatic heterocycles. The fourth-order valence-electron chi connectivity index (χ4n) is 4.17. The van der Waals surface area contributed by atoms with Gasteiger partial charge in [0.2, 0.25) is 15.9 Å². The summed E-state index contributed by atoms with van der Waals surface area (Å²) in [7, 11) is -6.56. The van der Waals surface area contributed by atoms with Crippen molar-refractivity contribution < 1.29 is 21.6 Å². The second kappa shape index (κ2) is 9.78. The number of hydrogen-bond acceptors (Lipinski definition) is 5. The molecule has 7 nitrogen and oxygen atoms in total. The van der Waals surface area contributed by atoms with Crippen molar-refractivity contribution in [2.45, 2.75) is 62.8 Å². The normalized spacial score (nSPS) is 22.1. The average molecular weight is 457 g/mol. The van der Waals surface area contributed by atoms with Crippen molar-refractivity contribution in [1.29, 1.82) is 0 Å². The number of hydrogen-bond donors (Lipinski definition) is 0. The first-order chi connectivity index (χ1) is 14.2. The van der Waals surface area contributed by atoms with Crippen LogP contribution in [0.5, 0.6) is 0 Å². The zero-order valence-corrected chi connectivity index (χ0v) is 19.3. The van der Waals surface area contributed by atoms with Gasteiger partial charge in [0.05, 0.1) is 22.8 Å². The number of amides is 1. The van der Waals surface area contributed by atoms with Crippen LogP contribution in [0.25, 0.3) is 0 Å². The van der Waals surface area contributed by atoms with Gasteiger partial charge in [0.15, 0.2) is 9.84 Å². The minimum atomic E-state index is -3.49. The van der Waals surface area contributed by atoms with E-state index in [1.165, 1.54) is 4.31 Å². The number of benzene rings is 1. The van der Waals surface area contributed by atoms with Gasteiger partial charge in [-0.15, -0.1) is 0 Å². The van der Waals surface area contributed by atoms with Crippen molar-refractivity contribution in [3.8, 4) is 0 Å². The fraction of sp³-hybridized carbons (Fsp3) is 0.667. The SMILES string of the molecule is CCCCN(C(=O)Cc1ccc(S(=O)(=O)N2CCCCC2)cc1)C1CCS(=O)(=O)C1. The molecule has 9 heteroatoms. The van der Waals surface area contributed by atoms with Gasteiger partial charge in [-0.05, 0) is 43.4 Å². The molecule has 0 bridgehead atoms. The maximum absolute atomic E-state index is 13.0. The van der Waals surface area contributed by atoms with E-state index in [0.29, 0.717) is 26.1 Å². The van der Waals surface area contributed by atoms with Gasteiger partial charge in [0, 0.05) is 25.7 Å². The monoisotopic (exact) mass is 456 g/mol. The van der Waals surface area contributed by atoms with Gasteiger partial charge in [-0.2, -0.15) is 4.31 Å². The Hall–Kier alpha value is -1.45. The van der Waals surface area contributed by atoms with Crippen molar-refractivity contribution in [2.24, 2.45) is 0 Å². The van der Waals surface area contributed by atoms with E-state index in [1.54, 1.807) is 29.2 Å². The molecule has 1 unspecified atom stereocenters. The van der Waals surface area contributed by atoms with Crippen molar-refractivity contribution in [3.05, 3.63) is 29.8 Å². The average Bonchev–Trinajstić information content (AvgIpc) is 3.09. The molecular weight excluding hydrogens is 424 g/mol. The van der Waals surface area contributed by atoms with E-state index >= 15 is 0 Å². The number of sulfonamides is 1. The summed E-state index contributed by atoms with van der Waals surface area (Å²) in [5.74, 6) is 0.0729. The zero-order valence-electron chi connectivity index (χ0n) is 17.6. The van der Waals surface area contributed by atoms with Gasteiger partial charge < -0.3 is 4.90 Å². The quantitative estimate of drug-likeness (QED) is 0.598. The van der Waals surface area contributed by atoms with Crippen LogP contribution in [0.15, 0.2) is 29.2 Å². The molecule has 1 aromatic rings. The Bertz CT molecular complexity index is 936. The Labute approximate surface area is 180 Å². The third-order valence-corrected chi connectivity index (χ3v) is 9.62. The molecule has 2 saturated heterocycles. The zero-order chi connectivity index (χ0) is 21.8. The highest BCUT2D eigenvalue weighted by Crippen LogP contribution is 2.22. The summed E-state index contributed by atoms with van der Waals surface area (Å²) < 4.78 is 50.8. The molecule has 2 heterocycles. The van der Waals surface area contributed by atoms with Crippen LogP contribution in [0, 0.1) is 0 Å². The molecule has 1 aromatic carbocycles. The third kappa shape index (κ3) is 5.62. The number of unbranched alkanes of at least 4 members (excludes halogenated alkanes) is 1. The summed E-state index contributed by atoms with van der Waals surface area (Å²) >= 11 is 0. The lowest BCUT2D eigenvalue weighted by Crippen LogP contribution is -2.42. The highest BCUT2D eigenvalue weighted by Gasteiger charge is 2.34. The number of carbonyl (C=O) groups is 1. The van der Waals surface area contributed by atoms with Crippen LogP contribution in [-0.2, 0) is 31.1 Å². The molecule has 0 N–H and O–H groups in total. The highest BCUT2D eigenvalue weighted by molar-refractivity contribution is 7.91. The second-order valence-corrected chi connectivity index (χ2v) is 12.4. The van der Waals surface area contributed by atoms with Crippen LogP contribution in [0.3, 0.4) is 0 Å². The van der Waals surface area contributed by atoms with E-state index in [9.17, 15) is 21.6 Å². The Kier molecular flexibility index (Phi) is 7.57. The molecular formula is C21H32N2O5S2. The molecule has 2 aliphatic rings. The molecule has 0 saturated carbocycles. The highest BCUT2D eigenvalue weighted by atomic mass is 32.2. The molecule has 30 heavy (non-hydrogen) atoms. The van der Waals surface area contributed by atoms with Crippen LogP contribution in [0.1, 0.15) is 51.0 Å². The van der Waals surface area contributed by atoms with Crippen molar-refractivity contribution in [1.82, 2.24) is 9.21 Å². The van der Waals surface area contributed by atoms with Gasteiger partial charge >= 0.3 is 0 Å². The number of piperidine rings is 1. The molecule has 1 atom stereocenters. The maximum atomic E-state index is 13.0. The summed E-state index contributed by atoms with van der Waals surface area (Å²) in [6.07, 6.45) is 5.22. The van der Waals surface area contributed by atoms with Crippen molar-refractivity contribution in [3.63, 3.8) is 0 Å². The number of rotatable bonds is 8. The lowest BCUT2D eigenvalue weighted by Gasteiger charge is -2.28. The number of sulfone groups is 1. The Morgan fingerprint density at radius 2 is 1.80 bits per heavy atom. The summed E-state index contributed by atoms with van der Waals surface area (Å²) in [6.45, 7) is 3.70. The van der Waals surface area contributed by atoms with Gasteiger partial charge in [0.1, 0.15) is 0 Å². The van der Waals surface area contributed by atoms with Crippen LogP contribution in [0.4, 0.5) is 0 Å². The third-order valence-electron chi connectivity index (χ3n) is 5.95. The molecule has 3 rings (SSSR count). The van der Waals surface area contributed by atoms with E-state index < -0.39 is 19.9 Å².